The minimum atomic E-state index is 1.03. The van der Waals surface area contributed by atoms with Crippen LogP contribution >= 0.6 is 0 Å². The van der Waals surface area contributed by atoms with E-state index < -0.39 is 0 Å². The van der Waals surface area contributed by atoms with Gasteiger partial charge >= 0.3 is 0 Å². The number of hydrogen-bond acceptors (Lipinski definition) is 0. The van der Waals surface area contributed by atoms with Crippen LogP contribution in [-0.4, -0.2) is 0 Å². The molecule has 0 N–H and O–H groups in total. The summed E-state index contributed by atoms with van der Waals surface area (Å²) in [4.78, 5) is 0. The van der Waals surface area contributed by atoms with E-state index in [0.717, 1.165) is 19.3 Å². The van der Waals surface area contributed by atoms with Crippen LogP contribution in [0.25, 0.3) is 33.2 Å². The molecule has 2 aliphatic rings. The molecule has 0 saturated heterocycles. The van der Waals surface area contributed by atoms with Gasteiger partial charge < -0.3 is 0 Å². The fraction of sp³-hybridized carbons (Fsp3) is 0.143. The SMILES string of the molecule is C1=CC2=CCCc3c2c(c2cccc4cccc3c42)=CC1. The molecule has 0 heteroatoms. The highest BCUT2D eigenvalue weighted by atomic mass is 14.2. The van der Waals surface area contributed by atoms with Gasteiger partial charge in [0.2, 0.25) is 0 Å². The number of allylic oxidation sites excluding steroid dienone is 4. The van der Waals surface area contributed by atoms with Crippen LogP contribution < -0.4 is 5.22 Å². The third-order valence-corrected chi connectivity index (χ3v) is 4.89. The zero-order valence-corrected chi connectivity index (χ0v) is 11.9. The van der Waals surface area contributed by atoms with Crippen molar-refractivity contribution in [1.29, 1.82) is 0 Å². The van der Waals surface area contributed by atoms with E-state index >= 15 is 0 Å². The molecule has 0 atom stereocenters. The molecule has 0 nitrogen and oxygen atoms in total. The lowest BCUT2D eigenvalue weighted by Crippen LogP contribution is -2.15. The Kier molecular flexibility index (Phi) is 2.20. The maximum atomic E-state index is 2.41. The molecule has 21 heavy (non-hydrogen) atoms. The van der Waals surface area contributed by atoms with Gasteiger partial charge in [-0.1, -0.05) is 60.7 Å². The minimum absolute atomic E-state index is 1.03. The van der Waals surface area contributed by atoms with E-state index in [-0.39, 0.29) is 0 Å². The summed E-state index contributed by atoms with van der Waals surface area (Å²) in [6.45, 7) is 0. The minimum Gasteiger partial charge on any atom is -0.0801 e. The van der Waals surface area contributed by atoms with Gasteiger partial charge in [0.15, 0.2) is 0 Å². The second-order valence-electron chi connectivity index (χ2n) is 6.02. The standard InChI is InChI=1S/C21H16/c1-2-10-16-17-11-4-8-15-9-5-13-19(21(15)17)18-12-3-7-14(6-1)20(16)18/h1,4-11,13H,2-3,12H2. The van der Waals surface area contributed by atoms with Gasteiger partial charge in [0.05, 0.1) is 0 Å². The average molecular weight is 268 g/mol. The molecular formula is C21H16. The van der Waals surface area contributed by atoms with Gasteiger partial charge in [-0.3, -0.25) is 0 Å². The number of fused-ring (bicyclic) bond motifs is 2. The fourth-order valence-electron chi connectivity index (χ4n) is 4.06. The molecule has 0 amide bonds. The van der Waals surface area contributed by atoms with Crippen molar-refractivity contribution < 1.29 is 0 Å². The second kappa shape index (κ2) is 4.08. The molecule has 0 heterocycles. The quantitative estimate of drug-likeness (QED) is 0.550. The zero-order valence-electron chi connectivity index (χ0n) is 11.9. The van der Waals surface area contributed by atoms with E-state index in [4.69, 9.17) is 0 Å². The van der Waals surface area contributed by atoms with E-state index in [1.807, 2.05) is 0 Å². The highest BCUT2D eigenvalue weighted by Crippen LogP contribution is 2.35. The maximum Gasteiger partial charge on any atom is -0.00297 e. The normalized spacial score (nSPS) is 16.5. The molecule has 0 radical (unpaired) electrons. The monoisotopic (exact) mass is 268 g/mol. The van der Waals surface area contributed by atoms with Crippen molar-refractivity contribution in [1.82, 2.24) is 0 Å². The van der Waals surface area contributed by atoms with E-state index in [2.05, 4.69) is 60.7 Å². The molecular weight excluding hydrogens is 252 g/mol. The summed E-state index contributed by atoms with van der Waals surface area (Å²) in [5, 5.41) is 7.14. The van der Waals surface area contributed by atoms with Gasteiger partial charge in [0, 0.05) is 0 Å². The number of aryl methyl sites for hydroxylation is 1. The first-order valence-electron chi connectivity index (χ1n) is 7.77. The van der Waals surface area contributed by atoms with Crippen molar-refractivity contribution in [2.45, 2.75) is 19.3 Å². The topological polar surface area (TPSA) is 0 Å². The molecule has 5 rings (SSSR count). The van der Waals surface area contributed by atoms with Gasteiger partial charge in [-0.2, -0.15) is 0 Å². The first-order chi connectivity index (χ1) is 10.4. The van der Waals surface area contributed by atoms with E-state index in [9.17, 15) is 0 Å². The Balaban J connectivity index is 2.15. The smallest absolute Gasteiger partial charge is 0.00297 e. The molecule has 0 aromatic heterocycles. The van der Waals surface area contributed by atoms with Crippen molar-refractivity contribution in [2.24, 2.45) is 0 Å². The first-order valence-corrected chi connectivity index (χ1v) is 7.77. The molecule has 0 unspecified atom stereocenters. The molecule has 3 aromatic carbocycles. The lowest BCUT2D eigenvalue weighted by atomic mass is 9.83. The summed E-state index contributed by atoms with van der Waals surface area (Å²) < 4.78 is 0. The van der Waals surface area contributed by atoms with Crippen molar-refractivity contribution in [3.8, 4) is 0 Å². The fourth-order valence-corrected chi connectivity index (χ4v) is 4.06. The van der Waals surface area contributed by atoms with Gasteiger partial charge in [0.25, 0.3) is 0 Å². The summed E-state index contributed by atoms with van der Waals surface area (Å²) in [5.41, 5.74) is 4.46. The summed E-state index contributed by atoms with van der Waals surface area (Å²) >= 11 is 0. The highest BCUT2D eigenvalue weighted by molar-refractivity contribution is 6.13. The number of benzene rings is 3. The van der Waals surface area contributed by atoms with Crippen LogP contribution in [0, 0.1) is 0 Å². The van der Waals surface area contributed by atoms with Gasteiger partial charge in [-0.05, 0) is 62.7 Å². The van der Waals surface area contributed by atoms with Crippen LogP contribution in [0.1, 0.15) is 24.0 Å². The number of rotatable bonds is 0. The zero-order chi connectivity index (χ0) is 13.8. The Morgan fingerprint density at radius 2 is 1.71 bits per heavy atom. The Morgan fingerprint density at radius 3 is 2.62 bits per heavy atom. The second-order valence-corrected chi connectivity index (χ2v) is 6.02. The van der Waals surface area contributed by atoms with Gasteiger partial charge in [0.1, 0.15) is 0 Å². The predicted octanol–water partition coefficient (Wildman–Crippen LogP) is 4.78. The number of hydrogen-bond donors (Lipinski definition) is 0. The molecule has 0 bridgehead atoms. The van der Waals surface area contributed by atoms with Crippen LogP contribution in [0.3, 0.4) is 0 Å². The van der Waals surface area contributed by atoms with Crippen molar-refractivity contribution in [3.05, 3.63) is 71.0 Å². The first kappa shape index (κ1) is 11.3. The van der Waals surface area contributed by atoms with E-state index in [0.29, 0.717) is 0 Å². The Labute approximate surface area is 124 Å². The van der Waals surface area contributed by atoms with Crippen LogP contribution in [0.5, 0.6) is 0 Å². The lowest BCUT2D eigenvalue weighted by molar-refractivity contribution is 0.989. The van der Waals surface area contributed by atoms with Gasteiger partial charge in [-0.15, -0.1) is 0 Å². The molecule has 100 valence electrons. The summed E-state index contributed by atoms with van der Waals surface area (Å²) in [6.07, 6.45) is 12.8. The van der Waals surface area contributed by atoms with Crippen LogP contribution in [0.4, 0.5) is 0 Å². The van der Waals surface area contributed by atoms with E-state index in [1.165, 1.54) is 37.9 Å². The Morgan fingerprint density at radius 1 is 0.857 bits per heavy atom. The third-order valence-electron chi connectivity index (χ3n) is 4.89. The van der Waals surface area contributed by atoms with Crippen molar-refractivity contribution in [2.75, 3.05) is 0 Å². The maximum absolute atomic E-state index is 2.41. The van der Waals surface area contributed by atoms with Crippen LogP contribution in [0.15, 0.2) is 54.6 Å². The molecule has 0 aliphatic heterocycles. The summed E-state index contributed by atoms with van der Waals surface area (Å²) in [6, 6.07) is 13.5. The largest absolute Gasteiger partial charge is 0.0801 e. The summed E-state index contributed by atoms with van der Waals surface area (Å²) in [7, 11) is 0. The molecule has 2 aliphatic carbocycles. The molecule has 0 saturated carbocycles. The molecule has 0 fully saturated rings. The van der Waals surface area contributed by atoms with Crippen LogP contribution in [-0.2, 0) is 6.42 Å². The predicted molar refractivity (Wildman–Crippen MR) is 91.2 cm³/mol. The van der Waals surface area contributed by atoms with E-state index in [1.54, 1.807) is 5.56 Å². The Hall–Kier alpha value is -2.34. The molecule has 3 aromatic rings. The van der Waals surface area contributed by atoms with Crippen LogP contribution in [0.2, 0.25) is 0 Å². The van der Waals surface area contributed by atoms with Gasteiger partial charge in [-0.25, -0.2) is 0 Å². The molecule has 0 spiro atoms. The van der Waals surface area contributed by atoms with Crippen molar-refractivity contribution >= 4 is 33.2 Å². The highest BCUT2D eigenvalue weighted by Gasteiger charge is 2.19. The summed E-state index contributed by atoms with van der Waals surface area (Å²) in [5.74, 6) is 0. The van der Waals surface area contributed by atoms with Crippen molar-refractivity contribution in [3.63, 3.8) is 0 Å². The average Bonchev–Trinajstić information content (AvgIpc) is 2.76. The third kappa shape index (κ3) is 1.45. The Bertz CT molecular complexity index is 994. The lowest BCUT2D eigenvalue weighted by Gasteiger charge is -2.21.